The number of hydrogen-bond donors (Lipinski definition) is 1. The number of benzene rings is 1. The molecule has 1 saturated carbocycles. The van der Waals surface area contributed by atoms with Gasteiger partial charge in [-0.2, -0.15) is 0 Å². The number of nitrogens with one attached hydrogen (secondary N) is 1. The highest BCUT2D eigenvalue weighted by Crippen LogP contribution is 2.40. The van der Waals surface area contributed by atoms with Crippen molar-refractivity contribution >= 4 is 32.5 Å². The summed E-state index contributed by atoms with van der Waals surface area (Å²) in [6, 6.07) is 2.39. The van der Waals surface area contributed by atoms with E-state index >= 15 is 4.39 Å². The summed E-state index contributed by atoms with van der Waals surface area (Å²) >= 11 is 0. The topological polar surface area (TPSA) is 97.7 Å². The molecule has 1 aliphatic heterocycles. The van der Waals surface area contributed by atoms with Crippen molar-refractivity contribution in [2.24, 2.45) is 5.92 Å². The SMILES string of the molecule is Cc1c(N2CC[C@@H]([C@H](C)NC(=O)OC(C)(C)C)C2)c(F)cc2cc(S(C)(=O)=O)c(=O)n(C3CC3)c12. The first kappa shape index (κ1) is 25.5. The third kappa shape index (κ3) is 5.17. The lowest BCUT2D eigenvalue weighted by molar-refractivity contribution is 0.0494. The van der Waals surface area contributed by atoms with Crippen molar-refractivity contribution in [3.05, 3.63) is 33.9 Å². The molecule has 2 aliphatic rings. The number of pyridine rings is 1. The third-order valence-electron chi connectivity index (χ3n) is 6.75. The molecule has 1 aromatic heterocycles. The van der Waals surface area contributed by atoms with Gasteiger partial charge in [0.05, 0.1) is 11.2 Å². The van der Waals surface area contributed by atoms with E-state index in [1.54, 1.807) is 32.3 Å². The van der Waals surface area contributed by atoms with Crippen molar-refractivity contribution in [2.45, 2.75) is 76.5 Å². The molecule has 2 aromatic rings. The largest absolute Gasteiger partial charge is 0.444 e. The third-order valence-corrected chi connectivity index (χ3v) is 7.84. The van der Waals surface area contributed by atoms with Gasteiger partial charge in [0.1, 0.15) is 16.3 Å². The van der Waals surface area contributed by atoms with Crippen LogP contribution in [0.1, 0.15) is 58.6 Å². The predicted molar refractivity (Wildman–Crippen MR) is 133 cm³/mol. The van der Waals surface area contributed by atoms with E-state index in [0.717, 1.165) is 25.5 Å². The Labute approximate surface area is 205 Å². The molecule has 2 heterocycles. The van der Waals surface area contributed by atoms with E-state index in [1.165, 1.54) is 12.1 Å². The van der Waals surface area contributed by atoms with Gasteiger partial charge in [-0.25, -0.2) is 17.6 Å². The van der Waals surface area contributed by atoms with Crippen LogP contribution in [0.5, 0.6) is 0 Å². The highest BCUT2D eigenvalue weighted by Gasteiger charge is 2.34. The van der Waals surface area contributed by atoms with Gasteiger partial charge >= 0.3 is 6.09 Å². The minimum absolute atomic E-state index is 0.0758. The second-order valence-electron chi connectivity index (χ2n) is 10.9. The molecule has 2 fully saturated rings. The molecule has 8 nitrogen and oxygen atoms in total. The minimum Gasteiger partial charge on any atom is -0.444 e. The molecule has 1 aliphatic carbocycles. The quantitative estimate of drug-likeness (QED) is 0.659. The van der Waals surface area contributed by atoms with Gasteiger partial charge in [-0.05, 0) is 77.5 Å². The number of carbonyl (C=O) groups is 1. The molecule has 4 rings (SSSR count). The number of nitrogens with zero attached hydrogens (tertiary/aromatic N) is 2. The Morgan fingerprint density at radius 3 is 2.46 bits per heavy atom. The Hall–Kier alpha value is -2.62. The number of anilines is 1. The van der Waals surface area contributed by atoms with Crippen molar-refractivity contribution in [1.82, 2.24) is 9.88 Å². The molecular weight excluding hydrogens is 473 g/mol. The van der Waals surface area contributed by atoms with Gasteiger partial charge < -0.3 is 19.5 Å². The number of aromatic nitrogens is 1. The van der Waals surface area contributed by atoms with Gasteiger partial charge in [-0.1, -0.05) is 0 Å². The van der Waals surface area contributed by atoms with Gasteiger partial charge in [-0.3, -0.25) is 4.79 Å². The number of amides is 1. The molecule has 10 heteroatoms. The van der Waals surface area contributed by atoms with Crippen molar-refractivity contribution < 1.29 is 22.3 Å². The molecule has 0 radical (unpaired) electrons. The Kier molecular flexibility index (Phi) is 6.40. The van der Waals surface area contributed by atoms with Crippen LogP contribution in [0.3, 0.4) is 0 Å². The van der Waals surface area contributed by atoms with Gasteiger partial charge in [0, 0.05) is 36.8 Å². The molecule has 1 aromatic carbocycles. The fourth-order valence-corrected chi connectivity index (χ4v) is 5.74. The zero-order valence-electron chi connectivity index (χ0n) is 21.1. The van der Waals surface area contributed by atoms with Crippen LogP contribution >= 0.6 is 0 Å². The fraction of sp³-hybridized carbons (Fsp3) is 0.600. The highest BCUT2D eigenvalue weighted by molar-refractivity contribution is 7.90. The van der Waals surface area contributed by atoms with E-state index in [2.05, 4.69) is 5.32 Å². The highest BCUT2D eigenvalue weighted by atomic mass is 32.2. The molecule has 0 bridgehead atoms. The van der Waals surface area contributed by atoms with E-state index in [-0.39, 0.29) is 22.9 Å². The number of rotatable bonds is 5. The van der Waals surface area contributed by atoms with Crippen molar-refractivity contribution in [3.8, 4) is 0 Å². The van der Waals surface area contributed by atoms with Crippen LogP contribution in [0.4, 0.5) is 14.9 Å². The Morgan fingerprint density at radius 2 is 1.89 bits per heavy atom. The van der Waals surface area contributed by atoms with E-state index < -0.39 is 32.9 Å². The molecule has 1 saturated heterocycles. The molecule has 1 amide bonds. The average Bonchev–Trinajstić information content (AvgIpc) is 3.42. The van der Waals surface area contributed by atoms with E-state index in [4.69, 9.17) is 4.74 Å². The monoisotopic (exact) mass is 507 g/mol. The lowest BCUT2D eigenvalue weighted by Crippen LogP contribution is -2.42. The molecule has 192 valence electrons. The molecule has 35 heavy (non-hydrogen) atoms. The zero-order chi connectivity index (χ0) is 25.9. The number of fused-ring (bicyclic) bond motifs is 1. The smallest absolute Gasteiger partial charge is 0.407 e. The number of ether oxygens (including phenoxy) is 1. The summed E-state index contributed by atoms with van der Waals surface area (Å²) in [4.78, 5) is 27.0. The maximum atomic E-state index is 15.5. The predicted octanol–water partition coefficient (Wildman–Crippen LogP) is 3.93. The van der Waals surface area contributed by atoms with E-state index in [1.807, 2.05) is 11.8 Å². The average molecular weight is 508 g/mol. The normalized spacial score (nSPS) is 19.7. The Bertz CT molecular complexity index is 1340. The van der Waals surface area contributed by atoms with Crippen LogP contribution < -0.4 is 15.8 Å². The standard InChI is InChI=1S/C25H34FN3O5S/c1-14-21-17(12-20(35(6,32)33)23(30)29(21)18-7-8-18)11-19(26)22(14)28-10-9-16(13-28)15(2)27-24(31)34-25(3,4)5/h11-12,15-16,18H,7-10,13H2,1-6H3,(H,27,31)/t15-,16+/m0/s1. The minimum atomic E-state index is -3.75. The number of hydrogen-bond acceptors (Lipinski definition) is 6. The number of sulfone groups is 1. The van der Waals surface area contributed by atoms with Crippen LogP contribution in [-0.4, -0.2) is 50.1 Å². The summed E-state index contributed by atoms with van der Waals surface area (Å²) in [6.07, 6.45) is 2.85. The maximum absolute atomic E-state index is 15.5. The Morgan fingerprint density at radius 1 is 1.23 bits per heavy atom. The molecular formula is C25H34FN3O5S. The summed E-state index contributed by atoms with van der Waals surface area (Å²) in [5.41, 5.74) is 0.496. The molecule has 1 N–H and O–H groups in total. The maximum Gasteiger partial charge on any atom is 0.407 e. The van der Waals surface area contributed by atoms with Crippen LogP contribution in [0.2, 0.25) is 0 Å². The van der Waals surface area contributed by atoms with Crippen LogP contribution in [0.25, 0.3) is 10.9 Å². The first-order valence-electron chi connectivity index (χ1n) is 12.0. The number of aryl methyl sites for hydroxylation is 1. The first-order valence-corrected chi connectivity index (χ1v) is 13.9. The van der Waals surface area contributed by atoms with Gasteiger partial charge in [0.25, 0.3) is 5.56 Å². The molecule has 2 atom stereocenters. The van der Waals surface area contributed by atoms with Crippen LogP contribution in [0, 0.1) is 18.7 Å². The first-order chi connectivity index (χ1) is 16.2. The second-order valence-corrected chi connectivity index (χ2v) is 12.9. The van der Waals surface area contributed by atoms with Gasteiger partial charge in [0.15, 0.2) is 9.84 Å². The summed E-state index contributed by atoms with van der Waals surface area (Å²) in [7, 11) is -3.75. The zero-order valence-corrected chi connectivity index (χ0v) is 22.0. The van der Waals surface area contributed by atoms with Crippen LogP contribution in [-0.2, 0) is 14.6 Å². The molecule has 0 unspecified atom stereocenters. The summed E-state index contributed by atoms with van der Waals surface area (Å²) < 4.78 is 46.8. The van der Waals surface area contributed by atoms with Crippen LogP contribution in [0.15, 0.2) is 21.8 Å². The number of alkyl carbamates (subject to hydrolysis) is 1. The lowest BCUT2D eigenvalue weighted by Gasteiger charge is -2.27. The van der Waals surface area contributed by atoms with Gasteiger partial charge in [0.2, 0.25) is 0 Å². The summed E-state index contributed by atoms with van der Waals surface area (Å²) in [5, 5.41) is 3.29. The summed E-state index contributed by atoms with van der Waals surface area (Å²) in [5.74, 6) is -0.362. The second kappa shape index (κ2) is 8.80. The lowest BCUT2D eigenvalue weighted by atomic mass is 10.0. The van der Waals surface area contributed by atoms with Gasteiger partial charge in [-0.15, -0.1) is 0 Å². The van der Waals surface area contributed by atoms with E-state index in [0.29, 0.717) is 35.2 Å². The molecule has 0 spiro atoms. The Balaban J connectivity index is 1.68. The van der Waals surface area contributed by atoms with E-state index in [9.17, 15) is 18.0 Å². The fourth-order valence-electron chi connectivity index (χ4n) is 4.98. The van der Waals surface area contributed by atoms with Crippen molar-refractivity contribution in [1.29, 1.82) is 0 Å². The van der Waals surface area contributed by atoms with Crippen molar-refractivity contribution in [2.75, 3.05) is 24.2 Å². The summed E-state index contributed by atoms with van der Waals surface area (Å²) in [6.45, 7) is 10.3. The van der Waals surface area contributed by atoms with Crippen molar-refractivity contribution in [3.63, 3.8) is 0 Å². The number of halogens is 1. The number of carbonyl (C=O) groups excluding carboxylic acids is 1.